The van der Waals surface area contributed by atoms with E-state index in [9.17, 15) is 4.39 Å². The molecule has 0 aliphatic heterocycles. The number of hydrogen-bond acceptors (Lipinski definition) is 1. The third-order valence-electron chi connectivity index (χ3n) is 3.54. The van der Waals surface area contributed by atoms with Crippen molar-refractivity contribution in [3.05, 3.63) is 12.2 Å². The largest absolute Gasteiger partial charge is 0.378 e. The summed E-state index contributed by atoms with van der Waals surface area (Å²) < 4.78 is 17.1. The van der Waals surface area contributed by atoms with E-state index < -0.39 is 0 Å². The van der Waals surface area contributed by atoms with Crippen LogP contribution in [0.15, 0.2) is 12.2 Å². The molecule has 0 unspecified atom stereocenters. The van der Waals surface area contributed by atoms with E-state index in [-0.39, 0.29) is 13.3 Å². The molecule has 0 aromatic carbocycles. The number of alkyl halides is 1. The van der Waals surface area contributed by atoms with Crippen LogP contribution in [0.3, 0.4) is 0 Å². The zero-order valence-corrected chi connectivity index (χ0v) is 8.62. The molecule has 2 aliphatic carbocycles. The van der Waals surface area contributed by atoms with Crippen LogP contribution in [-0.4, -0.2) is 19.9 Å². The van der Waals surface area contributed by atoms with Gasteiger partial charge in [0.1, 0.15) is 6.67 Å². The topological polar surface area (TPSA) is 9.23 Å². The number of rotatable bonds is 4. The van der Waals surface area contributed by atoms with Crippen LogP contribution in [0.5, 0.6) is 0 Å². The van der Waals surface area contributed by atoms with Gasteiger partial charge in [-0.3, -0.25) is 0 Å². The Hall–Kier alpha value is -0.370. The SMILES string of the molecule is FCCOC[C@H]1[C@@H]2CC/C=C/CC[C@@H]21. The maximum atomic E-state index is 11.8. The molecular formula is C12H19FO. The summed E-state index contributed by atoms with van der Waals surface area (Å²) in [6.07, 6.45) is 9.67. The molecular weight excluding hydrogens is 179 g/mol. The first-order valence-corrected chi connectivity index (χ1v) is 5.72. The molecule has 1 fully saturated rings. The minimum atomic E-state index is -0.344. The average molecular weight is 198 g/mol. The van der Waals surface area contributed by atoms with Crippen LogP contribution in [0.25, 0.3) is 0 Å². The fourth-order valence-electron chi connectivity index (χ4n) is 2.71. The van der Waals surface area contributed by atoms with E-state index in [0.29, 0.717) is 0 Å². The lowest BCUT2D eigenvalue weighted by Crippen LogP contribution is -2.01. The Labute approximate surface area is 85.3 Å². The van der Waals surface area contributed by atoms with Crippen molar-refractivity contribution in [1.82, 2.24) is 0 Å². The fraction of sp³-hybridized carbons (Fsp3) is 0.833. The number of allylic oxidation sites excluding steroid dienone is 2. The van der Waals surface area contributed by atoms with Gasteiger partial charge in [-0.2, -0.15) is 0 Å². The lowest BCUT2D eigenvalue weighted by molar-refractivity contribution is 0.104. The van der Waals surface area contributed by atoms with Crippen molar-refractivity contribution >= 4 is 0 Å². The van der Waals surface area contributed by atoms with Crippen molar-refractivity contribution in [1.29, 1.82) is 0 Å². The maximum absolute atomic E-state index is 11.8. The van der Waals surface area contributed by atoms with Crippen molar-refractivity contribution in [2.24, 2.45) is 17.8 Å². The first-order chi connectivity index (χ1) is 6.93. The summed E-state index contributed by atoms with van der Waals surface area (Å²) in [4.78, 5) is 0. The van der Waals surface area contributed by atoms with E-state index in [0.717, 1.165) is 24.4 Å². The molecule has 0 spiro atoms. The van der Waals surface area contributed by atoms with Crippen molar-refractivity contribution in [2.45, 2.75) is 25.7 Å². The van der Waals surface area contributed by atoms with Crippen molar-refractivity contribution in [3.8, 4) is 0 Å². The molecule has 0 radical (unpaired) electrons. The second kappa shape index (κ2) is 4.92. The summed E-state index contributed by atoms with van der Waals surface area (Å²) >= 11 is 0. The van der Waals surface area contributed by atoms with E-state index in [4.69, 9.17) is 4.74 Å². The molecule has 2 aliphatic rings. The molecule has 1 saturated carbocycles. The molecule has 0 aromatic heterocycles. The van der Waals surface area contributed by atoms with Crippen molar-refractivity contribution in [2.75, 3.05) is 19.9 Å². The maximum Gasteiger partial charge on any atom is 0.113 e. The van der Waals surface area contributed by atoms with E-state index in [2.05, 4.69) is 12.2 Å². The summed E-state index contributed by atoms with van der Waals surface area (Å²) in [7, 11) is 0. The second-order valence-electron chi connectivity index (χ2n) is 4.38. The first-order valence-electron chi connectivity index (χ1n) is 5.72. The summed E-state index contributed by atoms with van der Waals surface area (Å²) in [5.74, 6) is 2.49. The highest BCUT2D eigenvalue weighted by Crippen LogP contribution is 2.52. The Balaban J connectivity index is 1.71. The van der Waals surface area contributed by atoms with Crippen molar-refractivity contribution < 1.29 is 9.13 Å². The fourth-order valence-corrected chi connectivity index (χ4v) is 2.71. The molecule has 2 heteroatoms. The number of ether oxygens (including phenoxy) is 1. The highest BCUT2D eigenvalue weighted by atomic mass is 19.1. The van der Waals surface area contributed by atoms with E-state index >= 15 is 0 Å². The van der Waals surface area contributed by atoms with Gasteiger partial charge in [-0.05, 0) is 43.4 Å². The normalized spacial score (nSPS) is 38.2. The Morgan fingerprint density at radius 2 is 1.79 bits per heavy atom. The quantitative estimate of drug-likeness (QED) is 0.498. The third-order valence-corrected chi connectivity index (χ3v) is 3.54. The smallest absolute Gasteiger partial charge is 0.113 e. The predicted molar refractivity (Wildman–Crippen MR) is 54.9 cm³/mol. The lowest BCUT2D eigenvalue weighted by atomic mass is 10.1. The lowest BCUT2D eigenvalue weighted by Gasteiger charge is -1.99. The molecule has 0 amide bonds. The number of hydrogen-bond donors (Lipinski definition) is 0. The van der Waals surface area contributed by atoms with Crippen LogP contribution < -0.4 is 0 Å². The molecule has 0 bridgehead atoms. The van der Waals surface area contributed by atoms with Gasteiger partial charge in [-0.25, -0.2) is 4.39 Å². The Morgan fingerprint density at radius 1 is 1.14 bits per heavy atom. The molecule has 0 N–H and O–H groups in total. The molecule has 0 saturated heterocycles. The van der Waals surface area contributed by atoms with Gasteiger partial charge in [0.25, 0.3) is 0 Å². The molecule has 0 heterocycles. The van der Waals surface area contributed by atoms with Crippen LogP contribution in [0.2, 0.25) is 0 Å². The average Bonchev–Trinajstić information content (AvgIpc) is 2.76. The zero-order valence-electron chi connectivity index (χ0n) is 8.62. The van der Waals surface area contributed by atoms with Crippen LogP contribution in [0.1, 0.15) is 25.7 Å². The van der Waals surface area contributed by atoms with Crippen LogP contribution in [0, 0.1) is 17.8 Å². The molecule has 3 atom stereocenters. The molecule has 80 valence electrons. The second-order valence-corrected chi connectivity index (χ2v) is 4.38. The Morgan fingerprint density at radius 3 is 2.36 bits per heavy atom. The van der Waals surface area contributed by atoms with E-state index in [1.807, 2.05) is 0 Å². The minimum Gasteiger partial charge on any atom is -0.378 e. The Kier molecular flexibility index (Phi) is 3.57. The summed E-state index contributed by atoms with van der Waals surface area (Å²) in [5, 5.41) is 0. The monoisotopic (exact) mass is 198 g/mol. The van der Waals surface area contributed by atoms with E-state index in [1.165, 1.54) is 25.7 Å². The van der Waals surface area contributed by atoms with Crippen molar-refractivity contribution in [3.63, 3.8) is 0 Å². The summed E-state index contributed by atoms with van der Waals surface area (Å²) in [5.41, 5.74) is 0. The number of halogens is 1. The zero-order chi connectivity index (χ0) is 9.80. The van der Waals surface area contributed by atoms with Gasteiger partial charge in [0.2, 0.25) is 0 Å². The summed E-state index contributed by atoms with van der Waals surface area (Å²) in [6.45, 7) is 0.733. The van der Waals surface area contributed by atoms with Gasteiger partial charge in [0, 0.05) is 0 Å². The minimum absolute atomic E-state index is 0.286. The van der Waals surface area contributed by atoms with Crippen LogP contribution in [0.4, 0.5) is 4.39 Å². The molecule has 14 heavy (non-hydrogen) atoms. The van der Waals surface area contributed by atoms with Gasteiger partial charge < -0.3 is 4.74 Å². The molecule has 2 rings (SSSR count). The number of fused-ring (bicyclic) bond motifs is 1. The predicted octanol–water partition coefficient (Wildman–Crippen LogP) is 2.96. The molecule has 0 aromatic rings. The van der Waals surface area contributed by atoms with Gasteiger partial charge >= 0.3 is 0 Å². The summed E-state index contributed by atoms with van der Waals surface area (Å²) in [6, 6.07) is 0. The first kappa shape index (κ1) is 10.2. The van der Waals surface area contributed by atoms with Gasteiger partial charge in [0.15, 0.2) is 0 Å². The van der Waals surface area contributed by atoms with Gasteiger partial charge in [0.05, 0.1) is 13.2 Å². The molecule has 1 nitrogen and oxygen atoms in total. The van der Waals surface area contributed by atoms with Crippen LogP contribution >= 0.6 is 0 Å². The Bertz CT molecular complexity index is 186. The highest BCUT2D eigenvalue weighted by Gasteiger charge is 2.48. The highest BCUT2D eigenvalue weighted by molar-refractivity contribution is 5.01. The third kappa shape index (κ3) is 2.35. The van der Waals surface area contributed by atoms with E-state index in [1.54, 1.807) is 0 Å². The standard InChI is InChI=1S/C12H19FO/c13-7-8-14-9-12-10-5-3-1-2-4-6-11(10)12/h1-2,10-12H,3-9H2/b2-1+/t10-,11+,12+. The van der Waals surface area contributed by atoms with Gasteiger partial charge in [-0.1, -0.05) is 12.2 Å². The van der Waals surface area contributed by atoms with Crippen LogP contribution in [-0.2, 0) is 4.74 Å². The van der Waals surface area contributed by atoms with Gasteiger partial charge in [-0.15, -0.1) is 0 Å².